The average molecular weight is 476 g/mol. The zero-order chi connectivity index (χ0) is 24.6. The van der Waals surface area contributed by atoms with Gasteiger partial charge < -0.3 is 19.3 Å². The zero-order valence-electron chi connectivity index (χ0n) is 19.6. The maximum atomic E-state index is 13.8. The van der Waals surface area contributed by atoms with Gasteiger partial charge in [-0.25, -0.2) is 9.69 Å². The average Bonchev–Trinajstić information content (AvgIpc) is 3.25. The highest BCUT2D eigenvalue weighted by molar-refractivity contribution is 5.97. The number of amides is 2. The van der Waals surface area contributed by atoms with Gasteiger partial charge in [-0.2, -0.15) is 0 Å². The lowest BCUT2D eigenvalue weighted by Gasteiger charge is -2.28. The Morgan fingerprint density at radius 3 is 2.26 bits per heavy atom. The molecule has 2 amide bonds. The molecule has 4 rings (SSSR count). The van der Waals surface area contributed by atoms with Crippen LogP contribution in [0, 0.1) is 0 Å². The minimum Gasteiger partial charge on any atom is -0.497 e. The van der Waals surface area contributed by atoms with Crippen LogP contribution in [-0.4, -0.2) is 54.5 Å². The molecule has 0 saturated carbocycles. The van der Waals surface area contributed by atoms with Crippen LogP contribution in [-0.2, 0) is 27.3 Å². The first kappa shape index (κ1) is 24.4. The number of carbonyl (C=O) groups excluding carboxylic acids is 2. The normalized spacial score (nSPS) is 17.0. The quantitative estimate of drug-likeness (QED) is 0.478. The molecule has 1 heterocycles. The number of carbonyl (C=O) groups is 2. The van der Waals surface area contributed by atoms with Crippen LogP contribution in [0.2, 0.25) is 0 Å². The zero-order valence-corrected chi connectivity index (χ0v) is 19.6. The SMILES string of the molecule is COc1ccc([C@@H](C(=O)N2C(=O)OC[C@H]2Cc2ccccc2)[C@@H](O)COCc2ccccc2)cc1. The summed E-state index contributed by atoms with van der Waals surface area (Å²) in [4.78, 5) is 27.5. The van der Waals surface area contributed by atoms with Gasteiger partial charge in [0.1, 0.15) is 12.4 Å². The number of benzene rings is 3. The third kappa shape index (κ3) is 6.07. The molecule has 7 heteroatoms. The van der Waals surface area contributed by atoms with Crippen molar-refractivity contribution in [1.29, 1.82) is 0 Å². The molecule has 1 N–H and O–H groups in total. The number of ether oxygens (including phenoxy) is 3. The Morgan fingerprint density at radius 2 is 1.63 bits per heavy atom. The molecular weight excluding hydrogens is 446 g/mol. The van der Waals surface area contributed by atoms with Crippen molar-refractivity contribution in [2.24, 2.45) is 0 Å². The predicted octanol–water partition coefficient (Wildman–Crippen LogP) is 3.95. The summed E-state index contributed by atoms with van der Waals surface area (Å²) in [7, 11) is 1.55. The summed E-state index contributed by atoms with van der Waals surface area (Å²) in [6, 6.07) is 25.6. The van der Waals surface area contributed by atoms with Crippen LogP contribution in [0.1, 0.15) is 22.6 Å². The molecule has 35 heavy (non-hydrogen) atoms. The van der Waals surface area contributed by atoms with Gasteiger partial charge >= 0.3 is 6.09 Å². The van der Waals surface area contributed by atoms with E-state index in [-0.39, 0.29) is 13.2 Å². The molecule has 3 aromatic carbocycles. The van der Waals surface area contributed by atoms with Crippen LogP contribution < -0.4 is 4.74 Å². The second-order valence-corrected chi connectivity index (χ2v) is 8.45. The largest absolute Gasteiger partial charge is 0.497 e. The Hall–Kier alpha value is -3.68. The molecule has 0 bridgehead atoms. The Morgan fingerprint density at radius 1 is 1.00 bits per heavy atom. The highest BCUT2D eigenvalue weighted by Crippen LogP contribution is 2.29. The second-order valence-electron chi connectivity index (χ2n) is 8.45. The summed E-state index contributed by atoms with van der Waals surface area (Å²) >= 11 is 0. The van der Waals surface area contributed by atoms with Gasteiger partial charge in [0.25, 0.3) is 0 Å². The third-order valence-electron chi connectivity index (χ3n) is 6.04. The number of rotatable bonds is 10. The highest BCUT2D eigenvalue weighted by Gasteiger charge is 2.43. The van der Waals surface area contributed by atoms with E-state index in [1.165, 1.54) is 0 Å². The number of methoxy groups -OCH3 is 1. The van der Waals surface area contributed by atoms with Crippen LogP contribution in [0.25, 0.3) is 0 Å². The van der Waals surface area contributed by atoms with Gasteiger partial charge in [0.15, 0.2) is 0 Å². The summed E-state index contributed by atoms with van der Waals surface area (Å²) < 4.78 is 16.2. The van der Waals surface area contributed by atoms with Crippen molar-refractivity contribution in [2.45, 2.75) is 31.1 Å². The molecule has 0 aromatic heterocycles. The smallest absolute Gasteiger partial charge is 0.417 e. The number of hydrogen-bond donors (Lipinski definition) is 1. The van der Waals surface area contributed by atoms with Crippen molar-refractivity contribution in [1.82, 2.24) is 4.90 Å². The monoisotopic (exact) mass is 475 g/mol. The fourth-order valence-corrected chi connectivity index (χ4v) is 4.23. The minimum atomic E-state index is -1.18. The number of hydrogen-bond acceptors (Lipinski definition) is 6. The molecule has 1 aliphatic rings. The summed E-state index contributed by atoms with van der Waals surface area (Å²) in [5.41, 5.74) is 2.50. The van der Waals surface area contributed by atoms with E-state index in [0.29, 0.717) is 24.3 Å². The molecule has 182 valence electrons. The van der Waals surface area contributed by atoms with Gasteiger partial charge in [-0.3, -0.25) is 4.79 Å². The van der Waals surface area contributed by atoms with E-state index in [2.05, 4.69) is 0 Å². The minimum absolute atomic E-state index is 0.0798. The number of nitrogens with zero attached hydrogens (tertiary/aromatic N) is 1. The first-order chi connectivity index (χ1) is 17.1. The molecule has 0 spiro atoms. The summed E-state index contributed by atoms with van der Waals surface area (Å²) in [5, 5.41) is 11.1. The molecule has 3 aromatic rings. The van der Waals surface area contributed by atoms with Gasteiger partial charge in [-0.1, -0.05) is 72.8 Å². The van der Waals surface area contributed by atoms with Crippen LogP contribution in [0.15, 0.2) is 84.9 Å². The molecule has 0 aliphatic carbocycles. The van der Waals surface area contributed by atoms with Crippen LogP contribution in [0.4, 0.5) is 4.79 Å². The van der Waals surface area contributed by atoms with E-state index < -0.39 is 30.1 Å². The topological polar surface area (TPSA) is 85.3 Å². The summed E-state index contributed by atoms with van der Waals surface area (Å²) in [6.45, 7) is 0.322. The van der Waals surface area contributed by atoms with E-state index >= 15 is 0 Å². The Bertz CT molecular complexity index is 1100. The lowest BCUT2D eigenvalue weighted by Crippen LogP contribution is -2.46. The first-order valence-corrected chi connectivity index (χ1v) is 11.5. The Labute approximate surface area is 204 Å². The second kappa shape index (κ2) is 11.6. The van der Waals surface area contributed by atoms with E-state index in [4.69, 9.17) is 14.2 Å². The van der Waals surface area contributed by atoms with Gasteiger partial charge in [-0.15, -0.1) is 0 Å². The standard InChI is InChI=1S/C28H29NO6/c1-33-24-14-12-22(13-15-24)26(25(30)19-34-17-21-10-6-3-7-11-21)27(31)29-23(18-35-28(29)32)16-20-8-4-2-5-9-20/h2-15,23,25-26,30H,16-19H2,1H3/t23-,25+,26-/m1/s1. The van der Waals surface area contributed by atoms with Crippen molar-refractivity contribution < 1.29 is 28.9 Å². The van der Waals surface area contributed by atoms with E-state index in [1.807, 2.05) is 60.7 Å². The Balaban J connectivity index is 1.54. The highest BCUT2D eigenvalue weighted by atomic mass is 16.6. The molecule has 0 unspecified atom stereocenters. The summed E-state index contributed by atoms with van der Waals surface area (Å²) in [6.07, 6.45) is -1.41. The van der Waals surface area contributed by atoms with Crippen molar-refractivity contribution in [3.63, 3.8) is 0 Å². The third-order valence-corrected chi connectivity index (χ3v) is 6.04. The molecule has 1 aliphatic heterocycles. The van der Waals surface area contributed by atoms with Crippen LogP contribution in [0.3, 0.4) is 0 Å². The predicted molar refractivity (Wildman–Crippen MR) is 130 cm³/mol. The first-order valence-electron chi connectivity index (χ1n) is 11.5. The van der Waals surface area contributed by atoms with Crippen LogP contribution in [0.5, 0.6) is 5.75 Å². The van der Waals surface area contributed by atoms with E-state index in [0.717, 1.165) is 16.0 Å². The molecule has 1 fully saturated rings. The van der Waals surface area contributed by atoms with E-state index in [1.54, 1.807) is 31.4 Å². The molecule has 1 saturated heterocycles. The van der Waals surface area contributed by atoms with Gasteiger partial charge in [0.2, 0.25) is 5.91 Å². The Kier molecular flexibility index (Phi) is 8.13. The van der Waals surface area contributed by atoms with Crippen molar-refractivity contribution >= 4 is 12.0 Å². The molecular formula is C28H29NO6. The number of imide groups is 1. The lowest BCUT2D eigenvalue weighted by atomic mass is 9.91. The maximum Gasteiger partial charge on any atom is 0.417 e. The van der Waals surface area contributed by atoms with Crippen molar-refractivity contribution in [3.8, 4) is 5.75 Å². The van der Waals surface area contributed by atoms with Crippen molar-refractivity contribution in [2.75, 3.05) is 20.3 Å². The fraction of sp³-hybridized carbons (Fsp3) is 0.286. The van der Waals surface area contributed by atoms with Gasteiger partial charge in [0.05, 0.1) is 38.4 Å². The van der Waals surface area contributed by atoms with E-state index in [9.17, 15) is 14.7 Å². The fourth-order valence-electron chi connectivity index (χ4n) is 4.23. The number of cyclic esters (lactones) is 1. The summed E-state index contributed by atoms with van der Waals surface area (Å²) in [5.74, 6) is -0.910. The van der Waals surface area contributed by atoms with Gasteiger partial charge in [-0.05, 0) is 35.2 Å². The lowest BCUT2D eigenvalue weighted by molar-refractivity contribution is -0.134. The molecule has 7 nitrogen and oxygen atoms in total. The van der Waals surface area contributed by atoms with Crippen LogP contribution >= 0.6 is 0 Å². The number of aliphatic hydroxyl groups is 1. The van der Waals surface area contributed by atoms with Gasteiger partial charge in [0, 0.05) is 0 Å². The number of aliphatic hydroxyl groups excluding tert-OH is 1. The maximum absolute atomic E-state index is 13.8. The molecule has 0 radical (unpaired) electrons. The van der Waals surface area contributed by atoms with Crippen molar-refractivity contribution in [3.05, 3.63) is 102 Å². The molecule has 3 atom stereocenters.